The van der Waals surface area contributed by atoms with Crippen molar-refractivity contribution in [3.05, 3.63) is 61.1 Å². The maximum absolute atomic E-state index is 10.1. The summed E-state index contributed by atoms with van der Waals surface area (Å²) < 4.78 is 7.35. The van der Waals surface area contributed by atoms with Gasteiger partial charge >= 0.3 is 0 Å². The van der Waals surface area contributed by atoms with E-state index in [-0.39, 0.29) is 5.75 Å². The van der Waals surface area contributed by atoms with E-state index < -0.39 is 0 Å². The lowest BCUT2D eigenvalue weighted by molar-refractivity contribution is 0.468. The van der Waals surface area contributed by atoms with Crippen LogP contribution >= 0.6 is 45.2 Å². The molecule has 0 spiro atoms. The van der Waals surface area contributed by atoms with Gasteiger partial charge in [0.2, 0.25) is 5.89 Å². The third kappa shape index (κ3) is 3.49. The van der Waals surface area contributed by atoms with Crippen molar-refractivity contribution in [1.29, 1.82) is 0 Å². The van der Waals surface area contributed by atoms with Crippen molar-refractivity contribution < 1.29 is 9.52 Å². The number of phenols is 1. The zero-order valence-electron chi connectivity index (χ0n) is 11.2. The molecule has 0 aliphatic carbocycles. The summed E-state index contributed by atoms with van der Waals surface area (Å²) in [5.41, 5.74) is 1.59. The van der Waals surface area contributed by atoms with E-state index in [0.717, 1.165) is 12.7 Å². The van der Waals surface area contributed by atoms with Gasteiger partial charge in [-0.3, -0.25) is 0 Å². The van der Waals surface area contributed by atoms with Crippen molar-refractivity contribution >= 4 is 57.3 Å². The predicted octanol–water partition coefficient (Wildman–Crippen LogP) is 4.82. The SMILES string of the molecule is Oc1c(I)cc(I)cc1-c1nnc(/C=C/c2ccccc2)o1. The average Bonchev–Trinajstić information content (AvgIpc) is 2.98. The monoisotopic (exact) mass is 516 g/mol. The van der Waals surface area contributed by atoms with Crippen LogP contribution in [0.15, 0.2) is 46.9 Å². The fraction of sp³-hybridized carbons (Fsp3) is 0. The van der Waals surface area contributed by atoms with E-state index >= 15 is 0 Å². The van der Waals surface area contributed by atoms with E-state index in [9.17, 15) is 5.11 Å². The topological polar surface area (TPSA) is 59.2 Å². The number of hydrogen-bond donors (Lipinski definition) is 1. The molecule has 4 nitrogen and oxygen atoms in total. The summed E-state index contributed by atoms with van der Waals surface area (Å²) in [7, 11) is 0. The van der Waals surface area contributed by atoms with Crippen LogP contribution in [0, 0.1) is 7.14 Å². The molecule has 0 atom stereocenters. The second kappa shape index (κ2) is 6.78. The van der Waals surface area contributed by atoms with Crippen molar-refractivity contribution in [2.75, 3.05) is 0 Å². The lowest BCUT2D eigenvalue weighted by Crippen LogP contribution is -1.85. The highest BCUT2D eigenvalue weighted by Gasteiger charge is 2.15. The number of hydrogen-bond acceptors (Lipinski definition) is 4. The Kier molecular flexibility index (Phi) is 4.77. The number of aromatic nitrogens is 2. The summed E-state index contributed by atoms with van der Waals surface area (Å²) in [4.78, 5) is 0. The zero-order chi connectivity index (χ0) is 15.5. The Morgan fingerprint density at radius 2 is 1.77 bits per heavy atom. The van der Waals surface area contributed by atoms with Gasteiger partial charge in [0.25, 0.3) is 5.89 Å². The molecule has 0 unspecified atom stereocenters. The highest BCUT2D eigenvalue weighted by molar-refractivity contribution is 14.1. The molecule has 22 heavy (non-hydrogen) atoms. The lowest BCUT2D eigenvalue weighted by Gasteiger charge is -2.03. The van der Waals surface area contributed by atoms with Gasteiger partial charge < -0.3 is 9.52 Å². The summed E-state index contributed by atoms with van der Waals surface area (Å²) in [5, 5.41) is 18.1. The van der Waals surface area contributed by atoms with Gasteiger partial charge in [-0.2, -0.15) is 0 Å². The Bertz CT molecular complexity index is 829. The second-order valence-corrected chi connectivity index (χ2v) is 6.88. The Labute approximate surface area is 154 Å². The minimum absolute atomic E-state index is 0.156. The van der Waals surface area contributed by atoms with E-state index in [2.05, 4.69) is 55.4 Å². The minimum Gasteiger partial charge on any atom is -0.506 e. The summed E-state index contributed by atoms with van der Waals surface area (Å²) in [6.07, 6.45) is 3.65. The van der Waals surface area contributed by atoms with E-state index in [0.29, 0.717) is 17.3 Å². The third-order valence-corrected chi connectivity index (χ3v) is 4.36. The van der Waals surface area contributed by atoms with Gasteiger partial charge in [-0.25, -0.2) is 0 Å². The van der Waals surface area contributed by atoms with Crippen molar-refractivity contribution in [3.63, 3.8) is 0 Å². The first-order chi connectivity index (χ1) is 10.6. The molecule has 3 aromatic rings. The summed E-state index contributed by atoms with van der Waals surface area (Å²) in [5.74, 6) is 0.858. The van der Waals surface area contributed by atoms with Crippen LogP contribution in [-0.4, -0.2) is 15.3 Å². The van der Waals surface area contributed by atoms with Gasteiger partial charge in [0.15, 0.2) is 0 Å². The Balaban J connectivity index is 1.90. The molecule has 0 radical (unpaired) electrons. The van der Waals surface area contributed by atoms with Crippen LogP contribution in [0.25, 0.3) is 23.6 Å². The first-order valence-electron chi connectivity index (χ1n) is 6.38. The molecule has 3 rings (SSSR count). The van der Waals surface area contributed by atoms with Crippen molar-refractivity contribution in [3.8, 4) is 17.2 Å². The molecule has 2 aromatic carbocycles. The number of nitrogens with zero attached hydrogens (tertiary/aromatic N) is 2. The highest BCUT2D eigenvalue weighted by Crippen LogP contribution is 2.34. The van der Waals surface area contributed by atoms with Crippen molar-refractivity contribution in [1.82, 2.24) is 10.2 Å². The Morgan fingerprint density at radius 3 is 2.55 bits per heavy atom. The maximum Gasteiger partial charge on any atom is 0.251 e. The smallest absolute Gasteiger partial charge is 0.251 e. The fourth-order valence-electron chi connectivity index (χ4n) is 1.87. The quantitative estimate of drug-likeness (QED) is 0.508. The van der Waals surface area contributed by atoms with E-state index in [1.165, 1.54) is 0 Å². The molecule has 0 aliphatic rings. The summed E-state index contributed by atoms with van der Waals surface area (Å²) in [6, 6.07) is 13.6. The van der Waals surface area contributed by atoms with Crippen LogP contribution < -0.4 is 0 Å². The molecular weight excluding hydrogens is 506 g/mol. The molecule has 0 aliphatic heterocycles. The van der Waals surface area contributed by atoms with Gasteiger partial charge in [-0.1, -0.05) is 30.3 Å². The Morgan fingerprint density at radius 1 is 1.00 bits per heavy atom. The largest absolute Gasteiger partial charge is 0.506 e. The van der Waals surface area contributed by atoms with Crippen LogP contribution in [0.1, 0.15) is 11.5 Å². The van der Waals surface area contributed by atoms with E-state index in [1.54, 1.807) is 6.08 Å². The number of benzene rings is 2. The van der Waals surface area contributed by atoms with Crippen LogP contribution in [0.3, 0.4) is 0 Å². The molecule has 0 saturated carbocycles. The van der Waals surface area contributed by atoms with Gasteiger partial charge in [0, 0.05) is 9.65 Å². The number of halogens is 2. The van der Waals surface area contributed by atoms with Gasteiger partial charge in [0.1, 0.15) is 5.75 Å². The minimum atomic E-state index is 0.156. The zero-order valence-corrected chi connectivity index (χ0v) is 15.5. The molecule has 6 heteroatoms. The second-order valence-electron chi connectivity index (χ2n) is 4.47. The van der Waals surface area contributed by atoms with E-state index in [1.807, 2.05) is 48.5 Å². The van der Waals surface area contributed by atoms with Crippen molar-refractivity contribution in [2.24, 2.45) is 0 Å². The molecule has 0 fully saturated rings. The van der Waals surface area contributed by atoms with Crippen molar-refractivity contribution in [2.45, 2.75) is 0 Å². The van der Waals surface area contributed by atoms with Gasteiger partial charge in [-0.05, 0) is 69.0 Å². The number of aromatic hydroxyl groups is 1. The molecule has 1 N–H and O–H groups in total. The average molecular weight is 516 g/mol. The number of phenolic OH excluding ortho intramolecular Hbond substituents is 1. The van der Waals surface area contributed by atoms with Crippen LogP contribution in [0.5, 0.6) is 5.75 Å². The molecule has 1 aromatic heterocycles. The standard InChI is InChI=1S/C16H10I2N2O2/c17-11-8-12(15(21)13(18)9-11)16-20-19-14(22-16)7-6-10-4-2-1-3-5-10/h1-9,21H/b7-6+. The first kappa shape index (κ1) is 15.5. The molecule has 0 saturated heterocycles. The van der Waals surface area contributed by atoms with Crippen LogP contribution in [-0.2, 0) is 0 Å². The van der Waals surface area contributed by atoms with E-state index in [4.69, 9.17) is 4.42 Å². The predicted molar refractivity (Wildman–Crippen MR) is 102 cm³/mol. The van der Waals surface area contributed by atoms with Crippen LogP contribution in [0.2, 0.25) is 0 Å². The molecule has 110 valence electrons. The molecule has 0 amide bonds. The van der Waals surface area contributed by atoms with Gasteiger partial charge in [0.05, 0.1) is 9.13 Å². The first-order valence-corrected chi connectivity index (χ1v) is 8.54. The Hall–Kier alpha value is -1.42. The molecule has 0 bridgehead atoms. The highest BCUT2D eigenvalue weighted by atomic mass is 127. The third-order valence-electron chi connectivity index (χ3n) is 2.92. The normalized spacial score (nSPS) is 11.2. The summed E-state index contributed by atoms with van der Waals surface area (Å²) >= 11 is 4.26. The fourth-order valence-corrected chi connectivity index (χ4v) is 3.72. The molecule has 1 heterocycles. The number of rotatable bonds is 3. The summed E-state index contributed by atoms with van der Waals surface area (Å²) in [6.45, 7) is 0. The lowest BCUT2D eigenvalue weighted by atomic mass is 10.2. The van der Waals surface area contributed by atoms with Crippen LogP contribution in [0.4, 0.5) is 0 Å². The maximum atomic E-state index is 10.1. The molecular formula is C16H10I2N2O2. The van der Waals surface area contributed by atoms with Gasteiger partial charge in [-0.15, -0.1) is 10.2 Å².